The molecule has 10 heteroatoms. The van der Waals surface area contributed by atoms with Gasteiger partial charge in [0.1, 0.15) is 22.8 Å². The summed E-state index contributed by atoms with van der Waals surface area (Å²) >= 11 is 1.77. The topological polar surface area (TPSA) is 79.5 Å². The summed E-state index contributed by atoms with van der Waals surface area (Å²) in [4.78, 5) is 22.5. The molecule has 0 atom stereocenters. The number of aromatic nitrogens is 2. The molecule has 4 heterocycles. The first kappa shape index (κ1) is 27.6. The number of thioether (sulfide) groups is 1. The third-order valence-corrected chi connectivity index (χ3v) is 8.96. The smallest absolute Gasteiger partial charge is 0.261 e. The fourth-order valence-electron chi connectivity index (χ4n) is 5.42. The zero-order valence-corrected chi connectivity index (χ0v) is 22.4. The molecule has 1 aromatic carbocycles. The van der Waals surface area contributed by atoms with Gasteiger partial charge in [-0.2, -0.15) is 11.8 Å². The maximum Gasteiger partial charge on any atom is 0.261 e. The van der Waals surface area contributed by atoms with Gasteiger partial charge in [0.05, 0.1) is 17.9 Å². The summed E-state index contributed by atoms with van der Waals surface area (Å²) in [7, 11) is 0. The van der Waals surface area contributed by atoms with E-state index < -0.39 is 11.4 Å². The molecule has 0 bridgehead atoms. The predicted molar refractivity (Wildman–Crippen MR) is 145 cm³/mol. The Bertz CT molecular complexity index is 1040. The van der Waals surface area contributed by atoms with Gasteiger partial charge in [-0.15, -0.1) is 12.4 Å². The normalized spacial score (nSPS) is 20.9. The fraction of sp³-hybridized carbons (Fsp3) is 0.692. The summed E-state index contributed by atoms with van der Waals surface area (Å²) in [6.07, 6.45) is 6.78. The lowest BCUT2D eigenvalue weighted by atomic mass is 9.94. The highest BCUT2D eigenvalue weighted by molar-refractivity contribution is 7.99. The van der Waals surface area contributed by atoms with Gasteiger partial charge in [0.2, 0.25) is 0 Å². The highest BCUT2D eigenvalue weighted by Crippen LogP contribution is 2.27. The van der Waals surface area contributed by atoms with Crippen LogP contribution in [0.25, 0.3) is 10.9 Å². The molecule has 5 rings (SSSR count). The first-order chi connectivity index (χ1) is 17.1. The average Bonchev–Trinajstić information content (AvgIpc) is 2.88. The Hall–Kier alpha value is -1.39. The van der Waals surface area contributed by atoms with Gasteiger partial charge in [0.15, 0.2) is 0 Å². The van der Waals surface area contributed by atoms with Crippen LogP contribution in [0.4, 0.5) is 4.39 Å². The van der Waals surface area contributed by atoms with Gasteiger partial charge in [-0.1, -0.05) is 0 Å². The highest BCUT2D eigenvalue weighted by atomic mass is 35.5. The lowest BCUT2D eigenvalue weighted by Crippen LogP contribution is -2.41. The van der Waals surface area contributed by atoms with E-state index >= 15 is 0 Å². The van der Waals surface area contributed by atoms with Crippen LogP contribution < -0.4 is 15.6 Å². The second-order valence-corrected chi connectivity index (χ2v) is 11.5. The zero-order chi connectivity index (χ0) is 24.0. The van der Waals surface area contributed by atoms with Crippen molar-refractivity contribution in [2.24, 2.45) is 11.8 Å². The van der Waals surface area contributed by atoms with Gasteiger partial charge < -0.3 is 24.7 Å². The number of halogens is 2. The van der Waals surface area contributed by atoms with E-state index in [-0.39, 0.29) is 17.8 Å². The number of hydrogen-bond donors (Lipinski definition) is 2. The number of benzene rings is 1. The van der Waals surface area contributed by atoms with E-state index in [4.69, 9.17) is 9.47 Å². The first-order valence-electron chi connectivity index (χ1n) is 13.1. The summed E-state index contributed by atoms with van der Waals surface area (Å²) in [6, 6.07) is 3.03. The number of hydrogen-bond acceptors (Lipinski definition) is 7. The van der Waals surface area contributed by atoms with Crippen LogP contribution in [0.15, 0.2) is 16.9 Å². The van der Waals surface area contributed by atoms with Gasteiger partial charge in [-0.3, -0.25) is 4.79 Å². The minimum atomic E-state index is -0.577. The molecule has 0 spiro atoms. The van der Waals surface area contributed by atoms with Crippen molar-refractivity contribution in [3.05, 3.63) is 34.1 Å². The van der Waals surface area contributed by atoms with Gasteiger partial charge in [-0.05, 0) is 76.5 Å². The summed E-state index contributed by atoms with van der Waals surface area (Å²) in [5, 5.41) is 3.95. The molecular weight excluding hydrogens is 503 g/mol. The van der Waals surface area contributed by atoms with Crippen LogP contribution in [-0.2, 0) is 10.5 Å². The molecule has 3 saturated heterocycles. The second kappa shape index (κ2) is 13.4. The van der Waals surface area contributed by atoms with E-state index in [1.807, 2.05) is 0 Å². The van der Waals surface area contributed by atoms with Crippen LogP contribution >= 0.6 is 24.2 Å². The van der Waals surface area contributed by atoms with Crippen LogP contribution in [-0.4, -0.2) is 72.7 Å². The second-order valence-electron chi connectivity index (χ2n) is 10.2. The molecule has 0 aliphatic carbocycles. The maximum atomic E-state index is 14.8. The molecule has 0 radical (unpaired) electrons. The maximum absolute atomic E-state index is 14.8. The van der Waals surface area contributed by atoms with Crippen LogP contribution in [0.2, 0.25) is 0 Å². The molecule has 7 nitrogen and oxygen atoms in total. The van der Waals surface area contributed by atoms with Crippen molar-refractivity contribution in [3.63, 3.8) is 0 Å². The standard InChI is InChI=1S/C26H37FN4O3S.ClH/c27-22-13-20(34-16-19-3-9-31(10-4-19)15-18-1-7-28-8-2-18)14-23-25(22)26(32)30-24(29-23)17-35-21-5-11-33-12-6-21;/h13-14,18-19,21,28H,1-12,15-17H2,(H,29,30,32);1H. The summed E-state index contributed by atoms with van der Waals surface area (Å²) in [5.74, 6) is 2.34. The summed E-state index contributed by atoms with van der Waals surface area (Å²) < 4.78 is 26.2. The predicted octanol–water partition coefficient (Wildman–Crippen LogP) is 3.99. The summed E-state index contributed by atoms with van der Waals surface area (Å²) in [5.41, 5.74) is -0.0640. The molecule has 2 N–H and O–H groups in total. The Morgan fingerprint density at radius 1 is 1.08 bits per heavy atom. The summed E-state index contributed by atoms with van der Waals surface area (Å²) in [6.45, 7) is 7.85. The van der Waals surface area contributed by atoms with Crippen LogP contribution in [0.1, 0.15) is 44.3 Å². The Kier molecular flexibility index (Phi) is 10.3. The van der Waals surface area contributed by atoms with Crippen LogP contribution in [0, 0.1) is 17.7 Å². The Balaban J connectivity index is 0.00000304. The number of nitrogens with zero attached hydrogens (tertiary/aromatic N) is 2. The average molecular weight is 541 g/mol. The minimum absolute atomic E-state index is 0. The largest absolute Gasteiger partial charge is 0.493 e. The molecule has 0 saturated carbocycles. The van der Waals surface area contributed by atoms with Crippen molar-refractivity contribution in [1.29, 1.82) is 0 Å². The fourth-order valence-corrected chi connectivity index (χ4v) is 6.47. The van der Waals surface area contributed by atoms with Crippen molar-refractivity contribution in [1.82, 2.24) is 20.2 Å². The SMILES string of the molecule is Cl.O=c1[nH]c(CSC2CCOCC2)nc2cc(OCC3CCN(CC4CCNCC4)CC3)cc(F)c12. The number of ether oxygens (including phenoxy) is 2. The van der Waals surface area contributed by atoms with E-state index in [0.29, 0.717) is 40.6 Å². The lowest BCUT2D eigenvalue weighted by molar-refractivity contribution is 0.1000. The number of fused-ring (bicyclic) bond motifs is 1. The molecule has 200 valence electrons. The molecule has 2 aromatic rings. The van der Waals surface area contributed by atoms with E-state index in [0.717, 1.165) is 71.0 Å². The van der Waals surface area contributed by atoms with E-state index in [9.17, 15) is 9.18 Å². The number of H-pyrrole nitrogens is 1. The van der Waals surface area contributed by atoms with E-state index in [1.165, 1.54) is 25.5 Å². The molecule has 0 amide bonds. The van der Waals surface area contributed by atoms with Gasteiger partial charge >= 0.3 is 0 Å². The minimum Gasteiger partial charge on any atom is -0.493 e. The van der Waals surface area contributed by atoms with Crippen LogP contribution in [0.5, 0.6) is 5.75 Å². The third-order valence-electron chi connectivity index (χ3n) is 7.58. The molecular formula is C26H38ClFN4O3S. The number of piperidine rings is 2. The van der Waals surface area contributed by atoms with Gasteiger partial charge in [0.25, 0.3) is 5.56 Å². The Morgan fingerprint density at radius 3 is 2.58 bits per heavy atom. The van der Waals surface area contributed by atoms with Crippen molar-refractivity contribution < 1.29 is 13.9 Å². The molecule has 3 aliphatic rings. The Morgan fingerprint density at radius 2 is 1.83 bits per heavy atom. The van der Waals surface area contributed by atoms with E-state index in [2.05, 4.69) is 20.2 Å². The highest BCUT2D eigenvalue weighted by Gasteiger charge is 2.23. The van der Waals surface area contributed by atoms with Crippen LogP contribution in [0.3, 0.4) is 0 Å². The molecule has 0 unspecified atom stereocenters. The third kappa shape index (κ3) is 7.34. The monoisotopic (exact) mass is 540 g/mol. The van der Waals surface area contributed by atoms with Crippen molar-refractivity contribution >= 4 is 35.1 Å². The molecule has 1 aromatic heterocycles. The quantitative estimate of drug-likeness (QED) is 0.524. The Labute approximate surface area is 222 Å². The first-order valence-corrected chi connectivity index (χ1v) is 14.2. The van der Waals surface area contributed by atoms with E-state index in [1.54, 1.807) is 17.8 Å². The molecule has 3 fully saturated rings. The number of aromatic amines is 1. The number of nitrogens with one attached hydrogen (secondary N) is 2. The zero-order valence-electron chi connectivity index (χ0n) is 20.8. The number of likely N-dealkylation sites (tertiary alicyclic amines) is 1. The number of rotatable bonds is 8. The van der Waals surface area contributed by atoms with Gasteiger partial charge in [-0.25, -0.2) is 9.37 Å². The van der Waals surface area contributed by atoms with Crippen molar-refractivity contribution in [2.75, 3.05) is 52.5 Å². The van der Waals surface area contributed by atoms with Gasteiger partial charge in [0, 0.05) is 37.1 Å². The molecule has 3 aliphatic heterocycles. The lowest BCUT2D eigenvalue weighted by Gasteiger charge is -2.35. The van der Waals surface area contributed by atoms with Crippen molar-refractivity contribution in [2.45, 2.75) is 49.5 Å². The molecule has 36 heavy (non-hydrogen) atoms. The van der Waals surface area contributed by atoms with Crippen molar-refractivity contribution in [3.8, 4) is 5.75 Å².